The number of hydrogen-bond acceptors (Lipinski definition) is 4. The maximum absolute atomic E-state index is 7.15. The van der Waals surface area contributed by atoms with Gasteiger partial charge in [0, 0.05) is 46.4 Å². The number of rotatable bonds is 8. The van der Waals surface area contributed by atoms with Crippen LogP contribution in [-0.4, -0.2) is 58.8 Å². The highest BCUT2D eigenvalue weighted by Gasteiger charge is 2.75. The number of pyridine rings is 1. The average molecular weight is 567 g/mol. The summed E-state index contributed by atoms with van der Waals surface area (Å²) in [7, 11) is 0. The second-order valence-electron chi connectivity index (χ2n) is 13.6. The molecule has 5 heteroatoms. The second kappa shape index (κ2) is 11.9. The zero-order chi connectivity index (χ0) is 28.6. The summed E-state index contributed by atoms with van der Waals surface area (Å²) in [5.41, 5.74) is 3.64. The number of hydrogen-bond donors (Lipinski definition) is 2. The van der Waals surface area contributed by atoms with Crippen LogP contribution in [0, 0.1) is 11.3 Å². The summed E-state index contributed by atoms with van der Waals surface area (Å²) in [6.45, 7) is 11.1. The Morgan fingerprint density at radius 1 is 1.12 bits per heavy atom. The number of piperidine rings is 1. The van der Waals surface area contributed by atoms with Crippen LogP contribution in [0.15, 0.2) is 61.3 Å². The highest BCUT2D eigenvalue weighted by molar-refractivity contribution is 6.07. The van der Waals surface area contributed by atoms with Crippen LogP contribution in [0.2, 0.25) is 0 Å². The molecule has 2 N–H and O–H groups in total. The van der Waals surface area contributed by atoms with E-state index >= 15 is 0 Å². The van der Waals surface area contributed by atoms with Crippen molar-refractivity contribution in [2.45, 2.75) is 101 Å². The fourth-order valence-electron chi connectivity index (χ4n) is 9.41. The maximum Gasteiger partial charge on any atom is 0.112 e. The molecule has 0 unspecified atom stereocenters. The van der Waals surface area contributed by atoms with Gasteiger partial charge in [-0.05, 0) is 95.5 Å². The van der Waals surface area contributed by atoms with Crippen molar-refractivity contribution in [3.8, 4) is 0 Å². The van der Waals surface area contributed by atoms with Gasteiger partial charge in [-0.25, -0.2) is 0 Å². The van der Waals surface area contributed by atoms with Gasteiger partial charge in [0.25, 0.3) is 0 Å². The summed E-state index contributed by atoms with van der Waals surface area (Å²) in [6, 6.07) is 11.3. The highest BCUT2D eigenvalue weighted by Crippen LogP contribution is 2.67. The highest BCUT2D eigenvalue weighted by atomic mass is 16.6. The number of aromatic amines is 1. The van der Waals surface area contributed by atoms with E-state index in [0.29, 0.717) is 12.0 Å². The zero-order valence-electron chi connectivity index (χ0n) is 25.6. The quantitative estimate of drug-likeness (QED) is 0.165. The lowest BCUT2D eigenvalue weighted by Gasteiger charge is -2.59. The second-order valence-corrected chi connectivity index (χ2v) is 13.6. The minimum atomic E-state index is -0.157. The molecule has 2 saturated heterocycles. The molecule has 0 bridgehead atoms. The SMILES string of the molecule is C=CCC[C@]12O[C@H]1[C@@H](c1nccc3c1[nH]c1ccccc13)[C@@H]1CCN(CCCCC)C[C@@]13CC/C=C\CCCCN[C@H]32. The summed E-state index contributed by atoms with van der Waals surface area (Å²) >= 11 is 0. The topological polar surface area (TPSA) is 56.5 Å². The van der Waals surface area contributed by atoms with Crippen molar-refractivity contribution in [1.29, 1.82) is 0 Å². The number of epoxide rings is 1. The van der Waals surface area contributed by atoms with Crippen molar-refractivity contribution in [3.05, 3.63) is 67.0 Å². The first-order chi connectivity index (χ1) is 20.7. The van der Waals surface area contributed by atoms with Gasteiger partial charge in [-0.1, -0.05) is 56.2 Å². The number of likely N-dealkylation sites (tertiary alicyclic amines) is 1. The first kappa shape index (κ1) is 28.3. The Morgan fingerprint density at radius 3 is 2.93 bits per heavy atom. The van der Waals surface area contributed by atoms with Crippen LogP contribution in [0.4, 0.5) is 0 Å². The molecule has 1 saturated carbocycles. The van der Waals surface area contributed by atoms with Gasteiger partial charge in [0.1, 0.15) is 5.60 Å². The molecule has 3 aliphatic heterocycles. The summed E-state index contributed by atoms with van der Waals surface area (Å²) in [5, 5.41) is 6.82. The number of nitrogens with zero attached hydrogens (tertiary/aromatic N) is 2. The lowest BCUT2D eigenvalue weighted by atomic mass is 9.50. The van der Waals surface area contributed by atoms with Crippen LogP contribution in [-0.2, 0) is 4.74 Å². The molecule has 42 heavy (non-hydrogen) atoms. The molecule has 224 valence electrons. The Kier molecular flexibility index (Phi) is 8.02. The lowest BCUT2D eigenvalue weighted by molar-refractivity contribution is -0.0578. The number of ether oxygens (including phenoxy) is 1. The minimum absolute atomic E-state index is 0.133. The van der Waals surface area contributed by atoms with Crippen LogP contribution in [0.25, 0.3) is 21.8 Å². The summed E-state index contributed by atoms with van der Waals surface area (Å²) in [6.07, 6.45) is 22.5. The Bertz CT molecular complexity index is 1430. The van der Waals surface area contributed by atoms with E-state index in [4.69, 9.17) is 9.72 Å². The molecule has 1 aliphatic carbocycles. The average Bonchev–Trinajstić information content (AvgIpc) is 3.62. The predicted molar refractivity (Wildman–Crippen MR) is 174 cm³/mol. The van der Waals surface area contributed by atoms with Crippen molar-refractivity contribution in [1.82, 2.24) is 20.2 Å². The molecule has 0 amide bonds. The largest absolute Gasteiger partial charge is 0.364 e. The van der Waals surface area contributed by atoms with Crippen LogP contribution in [0.3, 0.4) is 0 Å². The number of H-pyrrole nitrogens is 1. The molecule has 5 nitrogen and oxygen atoms in total. The van der Waals surface area contributed by atoms with E-state index in [-0.39, 0.29) is 23.0 Å². The molecule has 0 radical (unpaired) electrons. The predicted octanol–water partition coefficient (Wildman–Crippen LogP) is 7.89. The Hall–Kier alpha value is -2.47. The van der Waals surface area contributed by atoms with Crippen molar-refractivity contribution in [2.24, 2.45) is 11.3 Å². The van der Waals surface area contributed by atoms with E-state index in [0.717, 1.165) is 32.4 Å². The number of para-hydroxylation sites is 1. The molecular weight excluding hydrogens is 516 g/mol. The van der Waals surface area contributed by atoms with E-state index in [1.54, 1.807) is 0 Å². The van der Waals surface area contributed by atoms with Crippen LogP contribution in [0.1, 0.15) is 89.2 Å². The maximum atomic E-state index is 7.15. The number of unbranched alkanes of at least 4 members (excludes halogenated alkanes) is 2. The summed E-state index contributed by atoms with van der Waals surface area (Å²) in [5.74, 6) is 0.817. The van der Waals surface area contributed by atoms with E-state index in [2.05, 4.69) is 83.5 Å². The van der Waals surface area contributed by atoms with Crippen molar-refractivity contribution in [2.75, 3.05) is 26.2 Å². The van der Waals surface area contributed by atoms with E-state index in [9.17, 15) is 0 Å². The Morgan fingerprint density at radius 2 is 2.02 bits per heavy atom. The lowest BCUT2D eigenvalue weighted by Crippen LogP contribution is -2.68. The summed E-state index contributed by atoms with van der Waals surface area (Å²) in [4.78, 5) is 11.9. The molecule has 3 aromatic rings. The first-order valence-electron chi connectivity index (χ1n) is 17.0. The standard InChI is InChI=1S/C37H50N4O/c1-3-5-15-24-41-25-19-29-31(33-32-28(18-23-38-33)27-16-11-12-17-30(27)40-32)34-37(42-34,21-6-4-2)35-36(29,26-41)20-13-9-7-8-10-14-22-39-35/h4,7,9,11-12,16-18,23,29,31,34-35,39-40H,2-3,5-6,8,10,13-15,19-22,24-26H2,1H3/b9-7-/t29-,31+,34-,35+,36-,37-/m0/s1. The third kappa shape index (κ3) is 4.76. The molecule has 2 aromatic heterocycles. The number of fused-ring (bicyclic) bond motifs is 5. The third-order valence-corrected chi connectivity index (χ3v) is 11.3. The number of allylic oxidation sites excluding steroid dienone is 3. The van der Waals surface area contributed by atoms with Gasteiger partial charge in [0.05, 0.1) is 17.3 Å². The van der Waals surface area contributed by atoms with Gasteiger partial charge in [0.15, 0.2) is 0 Å². The van der Waals surface area contributed by atoms with Crippen LogP contribution >= 0.6 is 0 Å². The fraction of sp³-hybridized carbons (Fsp3) is 0.595. The van der Waals surface area contributed by atoms with Crippen molar-refractivity contribution in [3.63, 3.8) is 0 Å². The van der Waals surface area contributed by atoms with Gasteiger partial charge in [-0.3, -0.25) is 4.98 Å². The molecule has 5 heterocycles. The molecule has 1 aromatic carbocycles. The monoisotopic (exact) mass is 566 g/mol. The molecule has 4 aliphatic rings. The van der Waals surface area contributed by atoms with Gasteiger partial charge < -0.3 is 19.9 Å². The van der Waals surface area contributed by atoms with E-state index < -0.39 is 0 Å². The Balaban J connectivity index is 1.37. The molecular formula is C37H50N4O. The normalized spacial score (nSPS) is 34.2. The van der Waals surface area contributed by atoms with Gasteiger partial charge in [0.2, 0.25) is 0 Å². The van der Waals surface area contributed by atoms with Crippen molar-refractivity contribution >= 4 is 21.8 Å². The minimum Gasteiger partial charge on any atom is -0.364 e. The van der Waals surface area contributed by atoms with Crippen LogP contribution in [0.5, 0.6) is 0 Å². The first-order valence-corrected chi connectivity index (χ1v) is 17.0. The third-order valence-electron chi connectivity index (χ3n) is 11.3. The Labute approximate surface area is 252 Å². The van der Waals surface area contributed by atoms with Crippen molar-refractivity contribution < 1.29 is 4.74 Å². The molecule has 1 spiro atoms. The zero-order valence-corrected chi connectivity index (χ0v) is 25.6. The van der Waals surface area contributed by atoms with Crippen LogP contribution < -0.4 is 5.32 Å². The van der Waals surface area contributed by atoms with Gasteiger partial charge in [-0.2, -0.15) is 0 Å². The summed E-state index contributed by atoms with van der Waals surface area (Å²) < 4.78 is 7.15. The van der Waals surface area contributed by atoms with Gasteiger partial charge in [-0.15, -0.1) is 6.58 Å². The van der Waals surface area contributed by atoms with E-state index in [1.165, 1.54) is 92.0 Å². The number of aromatic nitrogens is 2. The number of benzene rings is 1. The molecule has 6 atom stereocenters. The fourth-order valence-corrected chi connectivity index (χ4v) is 9.41. The van der Waals surface area contributed by atoms with E-state index in [1.807, 2.05) is 0 Å². The smallest absolute Gasteiger partial charge is 0.112 e. The molecule has 3 fully saturated rings. The van der Waals surface area contributed by atoms with Gasteiger partial charge >= 0.3 is 0 Å². The number of nitrogens with one attached hydrogen (secondary N) is 2. The molecule has 7 rings (SSSR count).